The first-order valence-electron chi connectivity index (χ1n) is 12.3. The Labute approximate surface area is 200 Å². The van der Waals surface area contributed by atoms with Crippen molar-refractivity contribution in [2.45, 2.75) is 38.1 Å². The molecule has 1 N–H and O–H groups in total. The van der Waals surface area contributed by atoms with Gasteiger partial charge in [-0.15, -0.1) is 0 Å². The van der Waals surface area contributed by atoms with E-state index in [1.54, 1.807) is 42.5 Å². The zero-order valence-corrected chi connectivity index (χ0v) is 19.4. The van der Waals surface area contributed by atoms with Gasteiger partial charge in [0.05, 0.1) is 6.61 Å². The molecule has 3 aromatic rings. The Morgan fingerprint density at radius 1 is 0.912 bits per heavy atom. The molecule has 0 saturated carbocycles. The Kier molecular flexibility index (Phi) is 6.91. The van der Waals surface area contributed by atoms with Crippen LogP contribution in [-0.4, -0.2) is 36.5 Å². The predicted octanol–water partition coefficient (Wildman–Crippen LogP) is 6.39. The lowest BCUT2D eigenvalue weighted by Crippen LogP contribution is -2.49. The number of carbonyl (C=O) groups excluding carboxylic acids is 1. The summed E-state index contributed by atoms with van der Waals surface area (Å²) in [5, 5.41) is 2.92. The highest BCUT2D eigenvalue weighted by Gasteiger charge is 2.33. The molecule has 2 aliphatic heterocycles. The van der Waals surface area contributed by atoms with Gasteiger partial charge < -0.3 is 10.1 Å². The number of hydrogen-bond donors (Lipinski definition) is 1. The van der Waals surface area contributed by atoms with Crippen molar-refractivity contribution >= 4 is 11.6 Å². The summed E-state index contributed by atoms with van der Waals surface area (Å²) >= 11 is 0. The topological polar surface area (TPSA) is 41.6 Å². The van der Waals surface area contributed by atoms with E-state index in [4.69, 9.17) is 4.74 Å². The molecule has 3 aromatic carbocycles. The summed E-state index contributed by atoms with van der Waals surface area (Å²) in [7, 11) is 0. The van der Waals surface area contributed by atoms with Crippen molar-refractivity contribution in [3.05, 3.63) is 84.2 Å². The summed E-state index contributed by atoms with van der Waals surface area (Å²) < 4.78 is 20.1. The molecule has 5 rings (SSSR count). The number of nitrogens with zero attached hydrogens (tertiary/aromatic N) is 1. The van der Waals surface area contributed by atoms with E-state index in [9.17, 15) is 9.18 Å². The van der Waals surface area contributed by atoms with E-state index < -0.39 is 0 Å². The van der Waals surface area contributed by atoms with Crippen LogP contribution in [0.15, 0.2) is 72.8 Å². The van der Waals surface area contributed by atoms with Gasteiger partial charge in [0.25, 0.3) is 5.91 Å². The standard InChI is InChI=1S/C29H31FN2O2/c30-27-8-2-1-7-26(27)21-10-12-22(13-11-21)29(33)31-24-14-16-25(17-15-24)34-20-23-6-5-19-32-18-4-3-9-28(23)32/h1-2,7-8,10-17,23,28H,3-6,9,18-20H2,(H,31,33)/t23-,28+/m0/s1. The van der Waals surface area contributed by atoms with Crippen molar-refractivity contribution in [2.75, 3.05) is 25.0 Å². The Balaban J connectivity index is 1.16. The number of amides is 1. The van der Waals surface area contributed by atoms with E-state index in [2.05, 4.69) is 10.2 Å². The maximum atomic E-state index is 14.0. The first-order valence-corrected chi connectivity index (χ1v) is 12.3. The molecule has 0 bridgehead atoms. The number of ether oxygens (including phenoxy) is 1. The average molecular weight is 459 g/mol. The molecule has 0 aromatic heterocycles. The highest BCUT2D eigenvalue weighted by atomic mass is 19.1. The Morgan fingerprint density at radius 2 is 1.68 bits per heavy atom. The van der Waals surface area contributed by atoms with Gasteiger partial charge in [-0.2, -0.15) is 0 Å². The molecule has 2 saturated heterocycles. The number of rotatable bonds is 6. The summed E-state index contributed by atoms with van der Waals surface area (Å²) in [5.74, 6) is 0.954. The number of halogens is 1. The van der Waals surface area contributed by atoms with Crippen molar-refractivity contribution in [3.63, 3.8) is 0 Å². The van der Waals surface area contributed by atoms with Crippen LogP contribution in [0.1, 0.15) is 42.5 Å². The Bertz CT molecular complexity index is 1110. The molecule has 34 heavy (non-hydrogen) atoms. The zero-order valence-electron chi connectivity index (χ0n) is 19.4. The highest BCUT2D eigenvalue weighted by Crippen LogP contribution is 2.31. The molecule has 0 radical (unpaired) electrons. The van der Waals surface area contributed by atoms with Crippen LogP contribution in [0.25, 0.3) is 11.1 Å². The lowest BCUT2D eigenvalue weighted by atomic mass is 9.84. The van der Waals surface area contributed by atoms with Crippen LogP contribution in [0.3, 0.4) is 0 Å². The second kappa shape index (κ2) is 10.4. The molecule has 4 nitrogen and oxygen atoms in total. The summed E-state index contributed by atoms with van der Waals surface area (Å²) in [6.07, 6.45) is 6.45. The first-order chi connectivity index (χ1) is 16.7. The van der Waals surface area contributed by atoms with Gasteiger partial charge in [0.1, 0.15) is 11.6 Å². The average Bonchev–Trinajstić information content (AvgIpc) is 2.89. The highest BCUT2D eigenvalue weighted by molar-refractivity contribution is 6.04. The molecular formula is C29H31FN2O2. The maximum Gasteiger partial charge on any atom is 0.255 e. The van der Waals surface area contributed by atoms with Crippen molar-refractivity contribution in [3.8, 4) is 16.9 Å². The van der Waals surface area contributed by atoms with Crippen molar-refractivity contribution < 1.29 is 13.9 Å². The molecular weight excluding hydrogens is 427 g/mol. The molecule has 5 heteroatoms. The number of piperidine rings is 2. The fraction of sp³-hybridized carbons (Fsp3) is 0.345. The minimum atomic E-state index is -0.276. The fourth-order valence-electron chi connectivity index (χ4n) is 5.31. The van der Waals surface area contributed by atoms with E-state index in [0.29, 0.717) is 28.8 Å². The van der Waals surface area contributed by atoms with Gasteiger partial charge in [-0.05, 0) is 86.8 Å². The number of nitrogens with one attached hydrogen (secondary N) is 1. The van der Waals surface area contributed by atoms with Crippen LogP contribution in [0.2, 0.25) is 0 Å². The van der Waals surface area contributed by atoms with Crippen LogP contribution in [0.5, 0.6) is 5.75 Å². The van der Waals surface area contributed by atoms with Crippen LogP contribution >= 0.6 is 0 Å². The normalized spacial score (nSPS) is 20.4. The van der Waals surface area contributed by atoms with Gasteiger partial charge in [-0.25, -0.2) is 4.39 Å². The SMILES string of the molecule is O=C(Nc1ccc(OC[C@@H]2CCCN3CCCC[C@H]23)cc1)c1ccc(-c2ccccc2F)cc1. The molecule has 0 unspecified atom stereocenters. The fourth-order valence-corrected chi connectivity index (χ4v) is 5.31. The second-order valence-electron chi connectivity index (χ2n) is 9.35. The van der Waals surface area contributed by atoms with Gasteiger partial charge in [0.15, 0.2) is 0 Å². The van der Waals surface area contributed by atoms with Gasteiger partial charge >= 0.3 is 0 Å². The zero-order chi connectivity index (χ0) is 23.3. The van der Waals surface area contributed by atoms with Gasteiger partial charge in [-0.3, -0.25) is 9.69 Å². The van der Waals surface area contributed by atoms with Gasteiger partial charge in [-0.1, -0.05) is 36.8 Å². The Morgan fingerprint density at radius 3 is 2.47 bits per heavy atom. The van der Waals surface area contributed by atoms with Crippen LogP contribution in [-0.2, 0) is 0 Å². The lowest BCUT2D eigenvalue weighted by Gasteiger charge is -2.44. The second-order valence-corrected chi connectivity index (χ2v) is 9.35. The quantitative estimate of drug-likeness (QED) is 0.465. The summed E-state index contributed by atoms with van der Waals surface area (Å²) in [6, 6.07) is 21.8. The third kappa shape index (κ3) is 5.15. The minimum absolute atomic E-state index is 0.201. The molecule has 0 aliphatic carbocycles. The summed E-state index contributed by atoms with van der Waals surface area (Å²) in [5.41, 5.74) is 2.50. The third-order valence-electron chi connectivity index (χ3n) is 7.14. The van der Waals surface area contributed by atoms with Crippen molar-refractivity contribution in [1.29, 1.82) is 0 Å². The number of fused-ring (bicyclic) bond motifs is 1. The van der Waals surface area contributed by atoms with E-state index in [0.717, 1.165) is 17.9 Å². The van der Waals surface area contributed by atoms with Crippen LogP contribution in [0.4, 0.5) is 10.1 Å². The predicted molar refractivity (Wildman–Crippen MR) is 134 cm³/mol. The molecule has 2 aliphatic rings. The minimum Gasteiger partial charge on any atom is -0.493 e. The maximum absolute atomic E-state index is 14.0. The summed E-state index contributed by atoms with van der Waals surface area (Å²) in [4.78, 5) is 15.3. The lowest BCUT2D eigenvalue weighted by molar-refractivity contribution is 0.0366. The number of anilines is 1. The molecule has 2 atom stereocenters. The number of carbonyl (C=O) groups is 1. The number of benzene rings is 3. The largest absolute Gasteiger partial charge is 0.493 e. The summed E-state index contributed by atoms with van der Waals surface area (Å²) in [6.45, 7) is 3.23. The van der Waals surface area contributed by atoms with Gasteiger partial charge in [0.2, 0.25) is 0 Å². The molecule has 0 spiro atoms. The Hall–Kier alpha value is -3.18. The third-order valence-corrected chi connectivity index (χ3v) is 7.14. The van der Waals surface area contributed by atoms with Crippen molar-refractivity contribution in [1.82, 2.24) is 4.90 Å². The monoisotopic (exact) mass is 458 g/mol. The van der Waals surface area contributed by atoms with E-state index >= 15 is 0 Å². The molecule has 1 amide bonds. The van der Waals surface area contributed by atoms with E-state index in [1.807, 2.05) is 24.3 Å². The first kappa shape index (κ1) is 22.6. The van der Waals surface area contributed by atoms with Gasteiger partial charge in [0, 0.05) is 28.8 Å². The van der Waals surface area contributed by atoms with E-state index in [1.165, 1.54) is 51.3 Å². The molecule has 2 fully saturated rings. The smallest absolute Gasteiger partial charge is 0.255 e. The molecule has 2 heterocycles. The van der Waals surface area contributed by atoms with Crippen molar-refractivity contribution in [2.24, 2.45) is 5.92 Å². The number of hydrogen-bond acceptors (Lipinski definition) is 3. The molecule has 176 valence electrons. The van der Waals surface area contributed by atoms with E-state index in [-0.39, 0.29) is 11.7 Å². The van der Waals surface area contributed by atoms with Crippen LogP contribution < -0.4 is 10.1 Å². The van der Waals surface area contributed by atoms with Crippen LogP contribution in [0, 0.1) is 11.7 Å².